The van der Waals surface area contributed by atoms with Crippen molar-refractivity contribution in [3.63, 3.8) is 0 Å². The van der Waals surface area contributed by atoms with E-state index in [2.05, 4.69) is 190 Å². The summed E-state index contributed by atoms with van der Waals surface area (Å²) < 4.78 is 1.20. The summed E-state index contributed by atoms with van der Waals surface area (Å²) in [6, 6.07) is 36.7. The fourth-order valence-electron chi connectivity index (χ4n) is 6.78. The Morgan fingerprint density at radius 1 is 0.698 bits per heavy atom. The van der Waals surface area contributed by atoms with E-state index in [4.69, 9.17) is 19.9 Å². The fourth-order valence-corrected chi connectivity index (χ4v) is 7.66. The van der Waals surface area contributed by atoms with Crippen LogP contribution in [0.3, 0.4) is 0 Å². The van der Waals surface area contributed by atoms with Gasteiger partial charge in [0.05, 0.1) is 11.4 Å². The predicted molar refractivity (Wildman–Crippen MR) is 229 cm³/mol. The first-order chi connectivity index (χ1) is 24.9. The molecule has 3 aromatic heterocycles. The molecule has 0 spiro atoms. The van der Waals surface area contributed by atoms with Crippen LogP contribution in [0, 0.1) is 22.0 Å². The molecule has 0 radical (unpaired) electrons. The van der Waals surface area contributed by atoms with Crippen LogP contribution < -0.4 is 9.97 Å². The van der Waals surface area contributed by atoms with Crippen LogP contribution >= 0.6 is 22.6 Å². The largest absolute Gasteiger partial charge is 2.00 e. The average Bonchev–Trinajstić information content (AvgIpc) is 3.88. The molecule has 0 N–H and O–H groups in total. The summed E-state index contributed by atoms with van der Waals surface area (Å²) in [6.45, 7) is 13.4. The van der Waals surface area contributed by atoms with E-state index in [0.717, 1.165) is 90.2 Å². The van der Waals surface area contributed by atoms with Gasteiger partial charge in [-0.25, -0.2) is 4.98 Å². The molecule has 0 fully saturated rings. The van der Waals surface area contributed by atoms with E-state index >= 15 is 0 Å². The molecule has 0 unspecified atom stereocenters. The molecule has 2 aliphatic rings. The number of nitrogens with zero attached hydrogens (tertiary/aromatic N) is 4. The molecule has 5 heterocycles. The molecule has 8 rings (SSSR count). The van der Waals surface area contributed by atoms with Crippen molar-refractivity contribution in [3.8, 4) is 44.8 Å². The van der Waals surface area contributed by atoms with Crippen LogP contribution in [-0.2, 0) is 31.3 Å². The van der Waals surface area contributed by atoms with Gasteiger partial charge in [-0.3, -0.25) is 4.98 Å². The van der Waals surface area contributed by atoms with Crippen LogP contribution in [-0.4, -0.2) is 18.0 Å². The number of aromatic nitrogens is 4. The van der Waals surface area contributed by atoms with E-state index in [0.29, 0.717) is 0 Å². The minimum absolute atomic E-state index is 0. The zero-order valence-corrected chi connectivity index (χ0v) is 37.2. The number of rotatable bonds is 3. The summed E-state index contributed by atoms with van der Waals surface area (Å²) in [5.41, 5.74) is 19.3. The van der Waals surface area contributed by atoms with Gasteiger partial charge in [-0.05, 0) is 99.3 Å². The maximum Gasteiger partial charge on any atom is 2.00 e. The van der Waals surface area contributed by atoms with Gasteiger partial charge in [0.1, 0.15) is 8.07 Å². The van der Waals surface area contributed by atoms with Crippen molar-refractivity contribution in [2.75, 3.05) is 0 Å². The number of halogens is 1. The first kappa shape index (κ1) is 37.0. The van der Waals surface area contributed by atoms with Gasteiger partial charge in [0, 0.05) is 32.4 Å². The molecule has 7 heteroatoms. The molecule has 0 aliphatic carbocycles. The molecule has 8 bridgehead atoms. The van der Waals surface area contributed by atoms with Crippen LogP contribution in [0.2, 0.25) is 19.6 Å². The Balaban J connectivity index is 0.00000435. The quantitative estimate of drug-likeness (QED) is 0.101. The van der Waals surface area contributed by atoms with Crippen molar-refractivity contribution < 1.29 is 19.5 Å². The van der Waals surface area contributed by atoms with Gasteiger partial charge in [-0.15, -0.1) is 27.6 Å². The van der Waals surface area contributed by atoms with Crippen molar-refractivity contribution >= 4 is 64.9 Å². The van der Waals surface area contributed by atoms with E-state index in [1.807, 2.05) is 0 Å². The maximum atomic E-state index is 5.37. The molecular formula is C46H39IN4SiZn. The summed E-state index contributed by atoms with van der Waals surface area (Å²) in [5.74, 6) is 3.39. The van der Waals surface area contributed by atoms with E-state index in [1.165, 1.54) is 9.13 Å². The van der Waals surface area contributed by atoms with E-state index in [1.54, 1.807) is 0 Å². The smallest absolute Gasteiger partial charge is 0.657 e. The number of benzene rings is 3. The predicted octanol–water partition coefficient (Wildman–Crippen LogP) is 11.4. The fraction of sp³-hybridized carbons (Fsp3) is 0.174. The Hall–Kier alpha value is -4.35. The van der Waals surface area contributed by atoms with E-state index in [9.17, 15) is 0 Å². The van der Waals surface area contributed by atoms with Gasteiger partial charge in [-0.2, -0.15) is 0 Å². The second kappa shape index (κ2) is 14.5. The van der Waals surface area contributed by atoms with Crippen molar-refractivity contribution in [2.45, 2.75) is 52.2 Å². The van der Waals surface area contributed by atoms with Crippen molar-refractivity contribution in [2.24, 2.45) is 0 Å². The van der Waals surface area contributed by atoms with E-state index < -0.39 is 8.07 Å². The first-order valence-electron chi connectivity index (χ1n) is 17.7. The molecule has 2 aliphatic heterocycles. The van der Waals surface area contributed by atoms with Gasteiger partial charge < -0.3 is 9.97 Å². The molecule has 53 heavy (non-hydrogen) atoms. The van der Waals surface area contributed by atoms with Crippen LogP contribution in [0.1, 0.15) is 47.8 Å². The summed E-state index contributed by atoms with van der Waals surface area (Å²) in [7, 11) is -1.47. The van der Waals surface area contributed by atoms with Crippen molar-refractivity contribution in [1.82, 2.24) is 19.9 Å². The van der Waals surface area contributed by atoms with Gasteiger partial charge in [-0.1, -0.05) is 124 Å². The zero-order chi connectivity index (χ0) is 36.2. The zero-order valence-electron chi connectivity index (χ0n) is 31.1. The minimum Gasteiger partial charge on any atom is -0.657 e. The second-order valence-corrected chi connectivity index (χ2v) is 21.5. The van der Waals surface area contributed by atoms with Crippen molar-refractivity contribution in [1.29, 1.82) is 0 Å². The molecule has 3 aromatic carbocycles. The maximum absolute atomic E-state index is 5.37. The summed E-state index contributed by atoms with van der Waals surface area (Å²) in [4.78, 5) is 21.0. The Bertz CT molecular complexity index is 2610. The van der Waals surface area contributed by atoms with Crippen LogP contribution in [0.25, 0.3) is 67.6 Å². The Morgan fingerprint density at radius 2 is 1.34 bits per heavy atom. The minimum atomic E-state index is -1.47. The number of aryl methyl sites for hydroxylation is 1. The first-order valence-corrected chi connectivity index (χ1v) is 22.3. The SMILES string of the molecule is Cc1ccc(-c2c3nc(cc4[n-]c(cc5nc(cc6[n-]c2cc6-c2ccc(I)cc2)C(C)(C)C5)cc4-c2ccc(C#C[Si](C)(C)C)cc2)C=C3)cc1.[Zn+2]. The average molecular weight is 868 g/mol. The number of hydrogen-bond donors (Lipinski definition) is 0. The summed E-state index contributed by atoms with van der Waals surface area (Å²) in [6.07, 6.45) is 5.00. The third kappa shape index (κ3) is 7.97. The molecule has 0 saturated carbocycles. The normalized spacial score (nSPS) is 13.3. The van der Waals surface area contributed by atoms with Gasteiger partial charge in [0.15, 0.2) is 0 Å². The second-order valence-electron chi connectivity index (χ2n) is 15.5. The molecule has 0 amide bonds. The third-order valence-corrected chi connectivity index (χ3v) is 11.1. The molecule has 6 aromatic rings. The Kier molecular flexibility index (Phi) is 10.1. The van der Waals surface area contributed by atoms with Crippen LogP contribution in [0.5, 0.6) is 0 Å². The molecule has 256 valence electrons. The van der Waals surface area contributed by atoms with Crippen LogP contribution in [0.4, 0.5) is 0 Å². The molecular weight excluding hydrogens is 829 g/mol. The van der Waals surface area contributed by atoms with Gasteiger partial charge in [0.2, 0.25) is 0 Å². The molecule has 0 saturated heterocycles. The topological polar surface area (TPSA) is 54.0 Å². The molecule has 0 atom stereocenters. The Labute approximate surface area is 339 Å². The van der Waals surface area contributed by atoms with Crippen molar-refractivity contribution in [3.05, 3.63) is 141 Å². The summed E-state index contributed by atoms with van der Waals surface area (Å²) in [5, 5.41) is 0. The van der Waals surface area contributed by atoms with Gasteiger partial charge >= 0.3 is 19.5 Å². The van der Waals surface area contributed by atoms with Crippen LogP contribution in [0.15, 0.2) is 103 Å². The Morgan fingerprint density at radius 3 is 2.04 bits per heavy atom. The molecule has 4 nitrogen and oxygen atoms in total. The monoisotopic (exact) mass is 866 g/mol. The van der Waals surface area contributed by atoms with E-state index in [-0.39, 0.29) is 24.9 Å². The van der Waals surface area contributed by atoms with Gasteiger partial charge in [0.25, 0.3) is 0 Å². The number of fused-ring (bicyclic) bond motifs is 8. The number of hydrogen-bond acceptors (Lipinski definition) is 2. The third-order valence-electron chi connectivity index (χ3n) is 9.52. The summed E-state index contributed by atoms with van der Waals surface area (Å²) >= 11 is 2.36. The standard InChI is InChI=1S/C46H39IN4Si.Zn/c1-29-7-11-33(12-8-29)45-40-20-19-35(48-40)25-41-38(31-13-9-30(10-14-31)21-22-52(4,5)6)24-36(49-41)23-37-28-46(2,3)44(50-37)27-42-39(26-43(45)51-42)32-15-17-34(47)18-16-32;/h7-20,23-27H,28H2,1-6H3;/q-2;+2.